The van der Waals surface area contributed by atoms with E-state index >= 15 is 0 Å². The molecule has 1 aliphatic rings. The fourth-order valence-corrected chi connectivity index (χ4v) is 4.87. The molecular weight excluding hydrogens is 416 g/mol. The Morgan fingerprint density at radius 1 is 1.10 bits per heavy atom. The summed E-state index contributed by atoms with van der Waals surface area (Å²) in [6, 6.07) is 12.6. The Labute approximate surface area is 187 Å². The second-order valence-electron chi connectivity index (χ2n) is 8.47. The maximum absolute atomic E-state index is 6.02. The molecule has 3 heterocycles. The number of rotatable bonds is 7. The van der Waals surface area contributed by atoms with Gasteiger partial charge in [0, 0.05) is 42.6 Å². The van der Waals surface area contributed by atoms with E-state index in [1.54, 1.807) is 11.3 Å². The van der Waals surface area contributed by atoms with Gasteiger partial charge in [-0.3, -0.25) is 9.80 Å². The molecule has 1 atom stereocenters. The molecule has 1 saturated heterocycles. The highest BCUT2D eigenvalue weighted by atomic mass is 35.5. The minimum atomic E-state index is -0.120. The first kappa shape index (κ1) is 21.4. The van der Waals surface area contributed by atoms with Crippen molar-refractivity contribution in [1.82, 2.24) is 30.0 Å². The molecule has 0 N–H and O–H groups in total. The second kappa shape index (κ2) is 9.14. The number of nitrogens with zero attached hydrogens (tertiary/aromatic N) is 6. The molecule has 3 aromatic rings. The van der Waals surface area contributed by atoms with Crippen molar-refractivity contribution in [3.8, 4) is 0 Å². The molecule has 160 valence electrons. The first-order chi connectivity index (χ1) is 14.5. The van der Waals surface area contributed by atoms with Gasteiger partial charge < -0.3 is 0 Å². The van der Waals surface area contributed by atoms with Gasteiger partial charge in [0.2, 0.25) is 0 Å². The summed E-state index contributed by atoms with van der Waals surface area (Å²) in [5.41, 5.74) is 1.18. The molecule has 2 aromatic heterocycles. The lowest BCUT2D eigenvalue weighted by Crippen LogP contribution is -2.48. The number of hydrogen-bond donors (Lipinski definition) is 0. The van der Waals surface area contributed by atoms with Crippen molar-refractivity contribution in [3.63, 3.8) is 0 Å². The summed E-state index contributed by atoms with van der Waals surface area (Å²) < 4.78 is 2.03. The zero-order valence-electron chi connectivity index (χ0n) is 17.8. The predicted octanol–water partition coefficient (Wildman–Crippen LogP) is 4.44. The zero-order chi connectivity index (χ0) is 21.1. The average molecular weight is 445 g/mol. The Balaban J connectivity index is 1.52. The predicted molar refractivity (Wildman–Crippen MR) is 122 cm³/mol. The van der Waals surface area contributed by atoms with Crippen molar-refractivity contribution in [2.24, 2.45) is 0 Å². The number of hydrogen-bond acceptors (Lipinski definition) is 6. The largest absolute Gasteiger partial charge is 0.297 e. The van der Waals surface area contributed by atoms with E-state index in [0.29, 0.717) is 0 Å². The van der Waals surface area contributed by atoms with Gasteiger partial charge in [-0.15, -0.1) is 16.4 Å². The zero-order valence-corrected chi connectivity index (χ0v) is 19.4. The van der Waals surface area contributed by atoms with Gasteiger partial charge in [0.15, 0.2) is 5.82 Å². The molecule has 30 heavy (non-hydrogen) atoms. The Hall–Kier alpha value is -1.80. The molecule has 0 saturated carbocycles. The lowest BCUT2D eigenvalue weighted by Gasteiger charge is -2.39. The molecule has 0 radical (unpaired) electrons. The highest BCUT2D eigenvalue weighted by molar-refractivity contribution is 7.10. The van der Waals surface area contributed by atoms with E-state index in [1.165, 1.54) is 10.4 Å². The Morgan fingerprint density at radius 2 is 1.83 bits per heavy atom. The number of tetrazole rings is 1. The second-order valence-corrected chi connectivity index (χ2v) is 9.89. The maximum atomic E-state index is 6.02. The third-order valence-electron chi connectivity index (χ3n) is 6.08. The van der Waals surface area contributed by atoms with Crippen LogP contribution in [-0.2, 0) is 12.1 Å². The van der Waals surface area contributed by atoms with Crippen molar-refractivity contribution in [2.45, 2.75) is 45.3 Å². The van der Waals surface area contributed by atoms with E-state index in [4.69, 9.17) is 11.6 Å². The summed E-state index contributed by atoms with van der Waals surface area (Å²) in [6.07, 6.45) is 0.969. The summed E-state index contributed by atoms with van der Waals surface area (Å²) >= 11 is 7.80. The molecule has 1 fully saturated rings. The number of aromatic nitrogens is 4. The molecule has 0 unspecified atom stereocenters. The van der Waals surface area contributed by atoms with E-state index < -0.39 is 0 Å². The fraction of sp³-hybridized carbons (Fsp3) is 0.500. The van der Waals surface area contributed by atoms with Gasteiger partial charge in [0.05, 0.1) is 5.54 Å². The maximum Gasteiger partial charge on any atom is 0.174 e. The number of thiophene rings is 1. The molecular formula is C22H29ClN6S. The van der Waals surface area contributed by atoms with Gasteiger partial charge in [-0.25, -0.2) is 4.68 Å². The smallest absolute Gasteiger partial charge is 0.174 e. The third kappa shape index (κ3) is 4.59. The van der Waals surface area contributed by atoms with Crippen LogP contribution in [0.4, 0.5) is 0 Å². The highest BCUT2D eigenvalue weighted by Crippen LogP contribution is 2.33. The van der Waals surface area contributed by atoms with Crippen LogP contribution in [0.5, 0.6) is 0 Å². The van der Waals surface area contributed by atoms with Gasteiger partial charge in [0.1, 0.15) is 6.04 Å². The van der Waals surface area contributed by atoms with Crippen LogP contribution in [0, 0.1) is 0 Å². The lowest BCUT2D eigenvalue weighted by molar-refractivity contribution is 0.0984. The number of piperazine rings is 1. The fourth-order valence-electron chi connectivity index (χ4n) is 3.89. The third-order valence-corrected chi connectivity index (χ3v) is 7.26. The Morgan fingerprint density at radius 3 is 2.47 bits per heavy atom. The van der Waals surface area contributed by atoms with Crippen molar-refractivity contribution in [1.29, 1.82) is 0 Å². The van der Waals surface area contributed by atoms with Gasteiger partial charge in [-0.1, -0.05) is 36.7 Å². The van der Waals surface area contributed by atoms with Crippen LogP contribution in [0.2, 0.25) is 5.02 Å². The minimum absolute atomic E-state index is 0.0866. The average Bonchev–Trinajstić information content (AvgIpc) is 3.44. The monoisotopic (exact) mass is 444 g/mol. The number of halogens is 1. The first-order valence-electron chi connectivity index (χ1n) is 10.5. The van der Waals surface area contributed by atoms with Crippen LogP contribution in [-0.4, -0.2) is 56.2 Å². The summed E-state index contributed by atoms with van der Waals surface area (Å²) in [4.78, 5) is 6.33. The summed E-state index contributed by atoms with van der Waals surface area (Å²) in [5.74, 6) is 0.940. The minimum Gasteiger partial charge on any atom is -0.297 e. The topological polar surface area (TPSA) is 50.1 Å². The number of benzene rings is 1. The normalized spacial score (nSPS) is 17.3. The lowest BCUT2D eigenvalue weighted by atomic mass is 10.0. The van der Waals surface area contributed by atoms with Crippen molar-refractivity contribution >= 4 is 22.9 Å². The van der Waals surface area contributed by atoms with Crippen LogP contribution in [0.3, 0.4) is 0 Å². The van der Waals surface area contributed by atoms with Crippen LogP contribution >= 0.6 is 22.9 Å². The standard InChI is InChI=1S/C22H29ClN6S/c1-4-22(2,3)29-21(24-25-26-29)20(19-6-5-15-30-19)28-13-11-27(12-14-28)16-17-7-9-18(23)10-8-17/h5-10,15,20H,4,11-14,16H2,1-3H3/t20-/m1/s1. The van der Waals surface area contributed by atoms with Gasteiger partial charge >= 0.3 is 0 Å². The van der Waals surface area contributed by atoms with Gasteiger partial charge in [-0.2, -0.15) is 0 Å². The molecule has 1 aliphatic heterocycles. The van der Waals surface area contributed by atoms with Gasteiger partial charge in [0.25, 0.3) is 0 Å². The van der Waals surface area contributed by atoms with E-state index in [-0.39, 0.29) is 11.6 Å². The Kier molecular flexibility index (Phi) is 6.53. The summed E-state index contributed by atoms with van der Waals surface area (Å²) in [6.45, 7) is 11.5. The molecule has 1 aromatic carbocycles. The van der Waals surface area contributed by atoms with Crippen LogP contribution in [0.15, 0.2) is 41.8 Å². The summed E-state index contributed by atoms with van der Waals surface area (Å²) in [7, 11) is 0. The van der Waals surface area contributed by atoms with E-state index in [0.717, 1.165) is 50.0 Å². The molecule has 0 aliphatic carbocycles. The first-order valence-corrected chi connectivity index (χ1v) is 11.8. The van der Waals surface area contributed by atoms with Crippen molar-refractivity contribution in [3.05, 3.63) is 63.1 Å². The van der Waals surface area contributed by atoms with Crippen molar-refractivity contribution in [2.75, 3.05) is 26.2 Å². The van der Waals surface area contributed by atoms with E-state index in [9.17, 15) is 0 Å². The quantitative estimate of drug-likeness (QED) is 0.539. The molecule has 0 bridgehead atoms. The SMILES string of the molecule is CCC(C)(C)n1nnnc1[C@@H](c1cccs1)N1CCN(Cc2ccc(Cl)cc2)CC1. The molecule has 0 amide bonds. The van der Waals surface area contributed by atoms with E-state index in [2.05, 4.69) is 75.7 Å². The van der Waals surface area contributed by atoms with Gasteiger partial charge in [-0.05, 0) is 59.8 Å². The van der Waals surface area contributed by atoms with Crippen molar-refractivity contribution < 1.29 is 0 Å². The Bertz CT molecular complexity index is 929. The van der Waals surface area contributed by atoms with Crippen LogP contribution < -0.4 is 0 Å². The van der Waals surface area contributed by atoms with Crippen LogP contribution in [0.25, 0.3) is 0 Å². The highest BCUT2D eigenvalue weighted by Gasteiger charge is 2.34. The molecule has 0 spiro atoms. The molecule has 4 rings (SSSR count). The van der Waals surface area contributed by atoms with Crippen LogP contribution in [0.1, 0.15) is 49.5 Å². The van der Waals surface area contributed by atoms with E-state index in [1.807, 2.05) is 16.8 Å². The summed E-state index contributed by atoms with van der Waals surface area (Å²) in [5, 5.41) is 15.9. The molecule has 6 nitrogen and oxygen atoms in total. The molecule has 8 heteroatoms.